The van der Waals surface area contributed by atoms with Crippen molar-refractivity contribution in [1.82, 2.24) is 25.1 Å². The number of aromatic nitrogens is 2. The minimum absolute atomic E-state index is 0.0105. The molecular weight excluding hydrogens is 318 g/mol. The van der Waals surface area contributed by atoms with E-state index in [1.807, 2.05) is 15.7 Å². The molecule has 0 bridgehead atoms. The molecule has 7 heteroatoms. The van der Waals surface area contributed by atoms with Gasteiger partial charge >= 0.3 is 6.03 Å². The van der Waals surface area contributed by atoms with Crippen LogP contribution in [0.3, 0.4) is 0 Å². The minimum atomic E-state index is -0.532. The van der Waals surface area contributed by atoms with Gasteiger partial charge in [0.15, 0.2) is 0 Å². The molecule has 0 aromatic carbocycles. The number of imidazole rings is 1. The lowest BCUT2D eigenvalue weighted by molar-refractivity contribution is -0.136. The van der Waals surface area contributed by atoms with Crippen LogP contribution in [0.1, 0.15) is 52.8 Å². The minimum Gasteiger partial charge on any atom is -0.338 e. The zero-order chi connectivity index (χ0) is 18.4. The van der Waals surface area contributed by atoms with Crippen molar-refractivity contribution in [3.05, 3.63) is 18.2 Å². The van der Waals surface area contributed by atoms with Gasteiger partial charge in [0, 0.05) is 31.5 Å². The third-order valence-electron chi connectivity index (χ3n) is 4.57. The summed E-state index contributed by atoms with van der Waals surface area (Å²) in [6, 6.07) is -0.627. The smallest absolute Gasteiger partial charge is 0.315 e. The van der Waals surface area contributed by atoms with Crippen LogP contribution in [0.25, 0.3) is 0 Å². The lowest BCUT2D eigenvalue weighted by atomic mass is 10.0. The highest BCUT2D eigenvalue weighted by atomic mass is 16.2. The lowest BCUT2D eigenvalue weighted by Gasteiger charge is -2.35. The maximum absolute atomic E-state index is 12.5. The molecule has 3 amide bonds. The third-order valence-corrected chi connectivity index (χ3v) is 4.57. The summed E-state index contributed by atoms with van der Waals surface area (Å²) in [4.78, 5) is 30.8. The van der Waals surface area contributed by atoms with Crippen molar-refractivity contribution >= 4 is 11.9 Å². The second-order valence-electron chi connectivity index (χ2n) is 7.31. The summed E-state index contributed by atoms with van der Waals surface area (Å²) >= 11 is 0. The van der Waals surface area contributed by atoms with E-state index in [1.54, 1.807) is 13.1 Å². The molecule has 2 atom stereocenters. The van der Waals surface area contributed by atoms with E-state index < -0.39 is 6.04 Å². The van der Waals surface area contributed by atoms with E-state index in [0.717, 1.165) is 38.2 Å². The highest BCUT2D eigenvalue weighted by Gasteiger charge is 2.27. The van der Waals surface area contributed by atoms with Crippen LogP contribution in [-0.4, -0.2) is 45.0 Å². The molecule has 1 aliphatic heterocycles. The molecule has 1 saturated heterocycles. The number of urea groups is 1. The molecule has 1 aromatic heterocycles. The number of nitrogens with one attached hydrogen (secondary N) is 2. The maximum atomic E-state index is 12.5. The van der Waals surface area contributed by atoms with E-state index in [0.29, 0.717) is 12.5 Å². The number of amides is 3. The summed E-state index contributed by atoms with van der Waals surface area (Å²) in [7, 11) is 0. The number of carbonyl (C=O) groups is 2. The van der Waals surface area contributed by atoms with Gasteiger partial charge < -0.3 is 20.1 Å². The van der Waals surface area contributed by atoms with Gasteiger partial charge in [0.2, 0.25) is 5.91 Å². The highest BCUT2D eigenvalue weighted by molar-refractivity contribution is 5.86. The number of nitrogens with zero attached hydrogens (tertiary/aromatic N) is 3. The number of hydrogen-bond donors (Lipinski definition) is 2. The Bertz CT molecular complexity index is 584. The van der Waals surface area contributed by atoms with E-state index in [4.69, 9.17) is 0 Å². The van der Waals surface area contributed by atoms with Crippen molar-refractivity contribution in [2.45, 2.75) is 72.1 Å². The maximum Gasteiger partial charge on any atom is 0.315 e. The monoisotopic (exact) mass is 349 g/mol. The summed E-state index contributed by atoms with van der Waals surface area (Å²) in [5.41, 5.74) is 0. The molecule has 140 valence electrons. The molecule has 0 spiro atoms. The van der Waals surface area contributed by atoms with Crippen LogP contribution < -0.4 is 10.6 Å². The van der Waals surface area contributed by atoms with Crippen molar-refractivity contribution in [2.24, 2.45) is 5.92 Å². The van der Waals surface area contributed by atoms with E-state index in [-0.39, 0.29) is 18.0 Å². The Kier molecular flexibility index (Phi) is 6.84. The highest BCUT2D eigenvalue weighted by Crippen LogP contribution is 2.17. The van der Waals surface area contributed by atoms with Crippen molar-refractivity contribution in [3.63, 3.8) is 0 Å². The van der Waals surface area contributed by atoms with Gasteiger partial charge in [-0.2, -0.15) is 0 Å². The Hall–Kier alpha value is -2.05. The molecule has 0 aliphatic carbocycles. The second-order valence-corrected chi connectivity index (χ2v) is 7.31. The fraction of sp³-hybridized carbons (Fsp3) is 0.722. The average molecular weight is 349 g/mol. The van der Waals surface area contributed by atoms with Crippen molar-refractivity contribution in [3.8, 4) is 0 Å². The largest absolute Gasteiger partial charge is 0.338 e. The molecule has 0 unspecified atom stereocenters. The molecule has 1 aromatic rings. The molecule has 2 rings (SSSR count). The van der Waals surface area contributed by atoms with Crippen LogP contribution in [0.5, 0.6) is 0 Å². The number of carbonyl (C=O) groups excluding carboxylic acids is 2. The van der Waals surface area contributed by atoms with Crippen LogP contribution in [0.2, 0.25) is 0 Å². The fourth-order valence-electron chi connectivity index (χ4n) is 3.21. The van der Waals surface area contributed by atoms with Crippen LogP contribution in [0.15, 0.2) is 12.4 Å². The van der Waals surface area contributed by atoms with E-state index in [9.17, 15) is 9.59 Å². The Morgan fingerprint density at radius 2 is 2.08 bits per heavy atom. The summed E-state index contributed by atoms with van der Waals surface area (Å²) < 4.78 is 2.04. The summed E-state index contributed by atoms with van der Waals surface area (Å²) in [6.07, 6.45) is 6.88. The molecule has 2 N–H and O–H groups in total. The third kappa shape index (κ3) is 5.47. The van der Waals surface area contributed by atoms with Crippen molar-refractivity contribution in [1.29, 1.82) is 0 Å². The number of rotatable bonds is 6. The van der Waals surface area contributed by atoms with Gasteiger partial charge in [0.05, 0.1) is 6.54 Å². The van der Waals surface area contributed by atoms with E-state index in [2.05, 4.69) is 36.4 Å². The Balaban J connectivity index is 1.81. The first-order valence-corrected chi connectivity index (χ1v) is 9.23. The topological polar surface area (TPSA) is 79.3 Å². The van der Waals surface area contributed by atoms with E-state index >= 15 is 0 Å². The Morgan fingerprint density at radius 3 is 2.76 bits per heavy atom. The van der Waals surface area contributed by atoms with Crippen LogP contribution in [-0.2, 0) is 17.9 Å². The van der Waals surface area contributed by atoms with Crippen LogP contribution in [0, 0.1) is 5.92 Å². The zero-order valence-electron chi connectivity index (χ0n) is 15.8. The van der Waals surface area contributed by atoms with Gasteiger partial charge in [-0.05, 0) is 39.0 Å². The normalized spacial score (nSPS) is 18.9. The second kappa shape index (κ2) is 8.87. The zero-order valence-corrected chi connectivity index (χ0v) is 15.8. The Morgan fingerprint density at radius 1 is 1.32 bits per heavy atom. The van der Waals surface area contributed by atoms with Gasteiger partial charge in [0.25, 0.3) is 0 Å². The lowest BCUT2D eigenvalue weighted by Crippen LogP contribution is -2.53. The summed E-state index contributed by atoms with van der Waals surface area (Å²) in [6.45, 7) is 10.1. The molecule has 1 aliphatic rings. The van der Waals surface area contributed by atoms with E-state index in [1.165, 1.54) is 0 Å². The quantitative estimate of drug-likeness (QED) is 0.826. The van der Waals surface area contributed by atoms with Gasteiger partial charge in [-0.3, -0.25) is 4.79 Å². The first kappa shape index (κ1) is 19.3. The fourth-order valence-corrected chi connectivity index (χ4v) is 3.21. The van der Waals surface area contributed by atoms with Gasteiger partial charge in [-0.1, -0.05) is 13.8 Å². The predicted octanol–water partition coefficient (Wildman–Crippen LogP) is 2.13. The molecule has 2 heterocycles. The van der Waals surface area contributed by atoms with Crippen molar-refractivity contribution in [2.75, 3.05) is 6.54 Å². The van der Waals surface area contributed by atoms with Crippen LogP contribution >= 0.6 is 0 Å². The molecule has 25 heavy (non-hydrogen) atoms. The standard InChI is InChI=1S/C18H31N5O2/c1-13(2)12-22-10-8-19-16(22)11-20-18(25)21-15(4)17(24)23-9-6-5-7-14(23)3/h8,10,13-15H,5-7,9,11-12H2,1-4H3,(H2,20,21,25)/t14-,15+/m1/s1. The Labute approximate surface area is 150 Å². The first-order chi connectivity index (χ1) is 11.9. The van der Waals surface area contributed by atoms with Gasteiger partial charge in [0.1, 0.15) is 11.9 Å². The predicted molar refractivity (Wildman–Crippen MR) is 96.9 cm³/mol. The van der Waals surface area contributed by atoms with Gasteiger partial charge in [-0.25, -0.2) is 9.78 Å². The molecule has 0 radical (unpaired) electrons. The summed E-state index contributed by atoms with van der Waals surface area (Å²) in [5.74, 6) is 1.31. The number of piperidine rings is 1. The molecule has 0 saturated carbocycles. The average Bonchev–Trinajstić information content (AvgIpc) is 2.99. The summed E-state index contributed by atoms with van der Waals surface area (Å²) in [5, 5.41) is 5.54. The van der Waals surface area contributed by atoms with Crippen LogP contribution in [0.4, 0.5) is 4.79 Å². The molecule has 1 fully saturated rings. The number of likely N-dealkylation sites (tertiary alicyclic amines) is 1. The van der Waals surface area contributed by atoms with Crippen molar-refractivity contribution < 1.29 is 9.59 Å². The molecular formula is C18H31N5O2. The SMILES string of the molecule is CC(C)Cn1ccnc1CNC(=O)N[C@@H](C)C(=O)N1CCCC[C@H]1C. The van der Waals surface area contributed by atoms with Gasteiger partial charge in [-0.15, -0.1) is 0 Å². The first-order valence-electron chi connectivity index (χ1n) is 9.23. The number of hydrogen-bond acceptors (Lipinski definition) is 3. The molecule has 7 nitrogen and oxygen atoms in total.